The van der Waals surface area contributed by atoms with E-state index in [-0.39, 0.29) is 17.9 Å². The molecule has 2 N–H and O–H groups in total. The number of carbonyl (C=O) groups is 2. The molecule has 1 fully saturated rings. The molecule has 1 aliphatic heterocycles. The minimum atomic E-state index is -1.06. The lowest BCUT2D eigenvalue weighted by atomic mass is 9.94. The summed E-state index contributed by atoms with van der Waals surface area (Å²) in [4.78, 5) is 29.5. The van der Waals surface area contributed by atoms with Crippen molar-refractivity contribution < 1.29 is 14.0 Å². The third kappa shape index (κ3) is 5.09. The van der Waals surface area contributed by atoms with Crippen LogP contribution in [0.1, 0.15) is 49.3 Å². The standard InChI is InChI=1S/C29H29ClFN3O2/c30-24-15-6-5-14-23(24)27(28(35)32-21-11-2-1-3-12-21)34(22-13-8-10-20(31)18-22)29(36)26-17-19-9-4-7-16-25(19)33-26/h4-10,13-16,18,21,26-27,33H,1-3,11-12,17H2,(H,32,35)/t26-,27+/m1/s1. The predicted octanol–water partition coefficient (Wildman–Crippen LogP) is 6.04. The zero-order valence-electron chi connectivity index (χ0n) is 19.9. The van der Waals surface area contributed by atoms with Crippen molar-refractivity contribution in [2.75, 3.05) is 10.2 Å². The Morgan fingerprint density at radius 2 is 1.72 bits per heavy atom. The Balaban J connectivity index is 1.56. The Labute approximate surface area is 215 Å². The number of halogens is 2. The van der Waals surface area contributed by atoms with E-state index in [9.17, 15) is 14.0 Å². The summed E-state index contributed by atoms with van der Waals surface area (Å²) in [6.07, 6.45) is 5.53. The number of nitrogens with zero attached hydrogens (tertiary/aromatic N) is 1. The highest BCUT2D eigenvalue weighted by atomic mass is 35.5. The van der Waals surface area contributed by atoms with E-state index >= 15 is 0 Å². The summed E-state index contributed by atoms with van der Waals surface area (Å²) >= 11 is 6.60. The number of benzene rings is 3. The van der Waals surface area contributed by atoms with Gasteiger partial charge in [0.05, 0.1) is 0 Å². The summed E-state index contributed by atoms with van der Waals surface area (Å²) in [5.41, 5.74) is 2.72. The van der Waals surface area contributed by atoms with Crippen LogP contribution in [0.5, 0.6) is 0 Å². The van der Waals surface area contributed by atoms with Gasteiger partial charge < -0.3 is 10.6 Å². The lowest BCUT2D eigenvalue weighted by Gasteiger charge is -2.35. The minimum Gasteiger partial charge on any atom is -0.373 e. The van der Waals surface area contributed by atoms with E-state index in [1.54, 1.807) is 36.4 Å². The fraction of sp³-hybridized carbons (Fsp3) is 0.310. The van der Waals surface area contributed by atoms with Gasteiger partial charge in [-0.15, -0.1) is 0 Å². The SMILES string of the molecule is O=C(NC1CCCCC1)[C@H](c1ccccc1Cl)N(C(=O)[C@H]1Cc2ccccc2N1)c1cccc(F)c1. The Kier molecular flexibility index (Phi) is 7.23. The molecule has 1 saturated carbocycles. The molecule has 0 aromatic heterocycles. The first-order valence-electron chi connectivity index (χ1n) is 12.5. The van der Waals surface area contributed by atoms with Crippen LogP contribution in [-0.4, -0.2) is 23.9 Å². The van der Waals surface area contributed by atoms with Crippen molar-refractivity contribution in [3.05, 3.63) is 94.8 Å². The number of hydrogen-bond acceptors (Lipinski definition) is 3. The Morgan fingerprint density at radius 1 is 0.972 bits per heavy atom. The van der Waals surface area contributed by atoms with Crippen LogP contribution in [-0.2, 0) is 16.0 Å². The van der Waals surface area contributed by atoms with Crippen LogP contribution in [0, 0.1) is 5.82 Å². The molecule has 2 aliphatic rings. The van der Waals surface area contributed by atoms with E-state index in [4.69, 9.17) is 11.6 Å². The highest BCUT2D eigenvalue weighted by Crippen LogP contribution is 2.35. The molecule has 0 saturated heterocycles. The summed E-state index contributed by atoms with van der Waals surface area (Å²) in [6.45, 7) is 0. The van der Waals surface area contributed by atoms with E-state index in [2.05, 4.69) is 10.6 Å². The normalized spacial score (nSPS) is 18.1. The topological polar surface area (TPSA) is 61.4 Å². The highest BCUT2D eigenvalue weighted by Gasteiger charge is 2.39. The van der Waals surface area contributed by atoms with Crippen molar-refractivity contribution in [1.29, 1.82) is 0 Å². The number of para-hydroxylation sites is 1. The van der Waals surface area contributed by atoms with Gasteiger partial charge in [-0.3, -0.25) is 14.5 Å². The minimum absolute atomic E-state index is 0.0366. The second-order valence-electron chi connectivity index (χ2n) is 9.51. The van der Waals surface area contributed by atoms with E-state index < -0.39 is 17.9 Å². The van der Waals surface area contributed by atoms with Crippen LogP contribution in [0.3, 0.4) is 0 Å². The largest absolute Gasteiger partial charge is 0.373 e. The molecule has 1 aliphatic carbocycles. The molecule has 0 spiro atoms. The first-order chi connectivity index (χ1) is 17.5. The van der Waals surface area contributed by atoms with E-state index in [1.165, 1.54) is 17.0 Å². The molecular weight excluding hydrogens is 477 g/mol. The summed E-state index contributed by atoms with van der Waals surface area (Å²) in [6, 6.07) is 19.0. The molecule has 5 rings (SSSR count). The van der Waals surface area contributed by atoms with Crippen LogP contribution < -0.4 is 15.5 Å². The van der Waals surface area contributed by atoms with Gasteiger partial charge in [-0.25, -0.2) is 4.39 Å². The van der Waals surface area contributed by atoms with E-state index in [1.807, 2.05) is 24.3 Å². The van der Waals surface area contributed by atoms with Crippen LogP contribution in [0.2, 0.25) is 5.02 Å². The van der Waals surface area contributed by atoms with Crippen molar-refractivity contribution in [2.24, 2.45) is 0 Å². The molecule has 0 bridgehead atoms. The lowest BCUT2D eigenvalue weighted by Crippen LogP contribution is -2.51. The fourth-order valence-corrected chi connectivity index (χ4v) is 5.50. The molecule has 3 aromatic carbocycles. The number of rotatable bonds is 6. The van der Waals surface area contributed by atoms with E-state index in [0.717, 1.165) is 43.4 Å². The summed E-state index contributed by atoms with van der Waals surface area (Å²) < 4.78 is 14.4. The summed E-state index contributed by atoms with van der Waals surface area (Å²) in [7, 11) is 0. The van der Waals surface area contributed by atoms with Gasteiger partial charge in [0.2, 0.25) is 5.91 Å². The smallest absolute Gasteiger partial charge is 0.250 e. The average Bonchev–Trinajstić information content (AvgIpc) is 3.32. The molecular formula is C29H29ClFN3O2. The molecule has 0 radical (unpaired) electrons. The number of amides is 2. The molecule has 2 atom stereocenters. The number of hydrogen-bond donors (Lipinski definition) is 2. The lowest BCUT2D eigenvalue weighted by molar-refractivity contribution is -0.127. The maximum absolute atomic E-state index is 14.4. The van der Waals surface area contributed by atoms with Gasteiger partial charge in [0, 0.05) is 34.4 Å². The van der Waals surface area contributed by atoms with Crippen molar-refractivity contribution in [3.63, 3.8) is 0 Å². The van der Waals surface area contributed by atoms with Crippen molar-refractivity contribution in [2.45, 2.75) is 56.7 Å². The van der Waals surface area contributed by atoms with Gasteiger partial charge in [0.15, 0.2) is 0 Å². The molecule has 36 heavy (non-hydrogen) atoms. The van der Waals surface area contributed by atoms with Gasteiger partial charge in [0.1, 0.15) is 17.9 Å². The third-order valence-electron chi connectivity index (χ3n) is 7.05. The first-order valence-corrected chi connectivity index (χ1v) is 12.9. The molecule has 0 unspecified atom stereocenters. The zero-order chi connectivity index (χ0) is 25.1. The number of carbonyl (C=O) groups excluding carboxylic acids is 2. The highest BCUT2D eigenvalue weighted by molar-refractivity contribution is 6.31. The average molecular weight is 506 g/mol. The molecule has 186 valence electrons. The monoisotopic (exact) mass is 505 g/mol. The molecule has 2 amide bonds. The predicted molar refractivity (Wildman–Crippen MR) is 141 cm³/mol. The van der Waals surface area contributed by atoms with E-state index in [0.29, 0.717) is 22.7 Å². The van der Waals surface area contributed by atoms with Crippen LogP contribution in [0.15, 0.2) is 72.8 Å². The van der Waals surface area contributed by atoms with Crippen molar-refractivity contribution in [3.8, 4) is 0 Å². The van der Waals surface area contributed by atoms with Gasteiger partial charge in [0.25, 0.3) is 5.91 Å². The first kappa shape index (κ1) is 24.3. The second kappa shape index (κ2) is 10.7. The Bertz CT molecular complexity index is 1240. The summed E-state index contributed by atoms with van der Waals surface area (Å²) in [5, 5.41) is 6.83. The molecule has 5 nitrogen and oxygen atoms in total. The molecule has 1 heterocycles. The number of nitrogens with one attached hydrogen (secondary N) is 2. The fourth-order valence-electron chi connectivity index (χ4n) is 5.27. The van der Waals surface area contributed by atoms with Gasteiger partial charge in [-0.1, -0.05) is 73.3 Å². The summed E-state index contributed by atoms with van der Waals surface area (Å²) in [5.74, 6) is -1.12. The van der Waals surface area contributed by atoms with Crippen molar-refractivity contribution >= 4 is 34.8 Å². The maximum atomic E-state index is 14.4. The van der Waals surface area contributed by atoms with Crippen LogP contribution in [0.25, 0.3) is 0 Å². The van der Waals surface area contributed by atoms with Crippen LogP contribution in [0.4, 0.5) is 15.8 Å². The molecule has 7 heteroatoms. The van der Waals surface area contributed by atoms with Gasteiger partial charge in [-0.2, -0.15) is 0 Å². The second-order valence-corrected chi connectivity index (χ2v) is 9.92. The molecule has 3 aromatic rings. The zero-order valence-corrected chi connectivity index (χ0v) is 20.7. The maximum Gasteiger partial charge on any atom is 0.250 e. The number of anilines is 2. The van der Waals surface area contributed by atoms with Gasteiger partial charge in [-0.05, 0) is 48.7 Å². The Morgan fingerprint density at radius 3 is 2.47 bits per heavy atom. The quantitative estimate of drug-likeness (QED) is 0.429. The number of fused-ring (bicyclic) bond motifs is 1. The van der Waals surface area contributed by atoms with Crippen LogP contribution >= 0.6 is 11.6 Å². The van der Waals surface area contributed by atoms with Gasteiger partial charge >= 0.3 is 0 Å². The Hall–Kier alpha value is -3.38. The van der Waals surface area contributed by atoms with Crippen molar-refractivity contribution in [1.82, 2.24) is 5.32 Å². The third-order valence-corrected chi connectivity index (χ3v) is 7.40.